The van der Waals surface area contributed by atoms with Crippen molar-refractivity contribution in [3.8, 4) is 11.5 Å². The first kappa shape index (κ1) is 30.2. The molecule has 0 aliphatic rings. The second-order valence-corrected chi connectivity index (χ2v) is 9.29. The summed E-state index contributed by atoms with van der Waals surface area (Å²) in [4.78, 5) is 37.0. The number of esters is 2. The number of carbonyl (C=O) groups excluding carboxylic acids is 3. The molecule has 0 radical (unpaired) electrons. The van der Waals surface area contributed by atoms with Crippen LogP contribution in [0.1, 0.15) is 90.4 Å². The number of azo groups is 1. The van der Waals surface area contributed by atoms with Gasteiger partial charge >= 0.3 is 11.9 Å². The molecule has 0 N–H and O–H groups in total. The predicted molar refractivity (Wildman–Crippen MR) is 153 cm³/mol. The quantitative estimate of drug-likeness (QED) is 0.0625. The number of hydrogen-bond donors (Lipinski definition) is 0. The molecule has 0 aliphatic heterocycles. The highest BCUT2D eigenvalue weighted by Gasteiger charge is 2.14. The van der Waals surface area contributed by atoms with E-state index in [0.717, 1.165) is 25.7 Å². The van der Waals surface area contributed by atoms with Gasteiger partial charge in [0.25, 0.3) is 0 Å². The van der Waals surface area contributed by atoms with Crippen LogP contribution in [0.2, 0.25) is 0 Å². The largest absolute Gasteiger partial charge is 0.494 e. The van der Waals surface area contributed by atoms with Gasteiger partial charge in [0, 0.05) is 5.56 Å². The van der Waals surface area contributed by atoms with Crippen molar-refractivity contribution in [1.82, 2.24) is 0 Å². The van der Waals surface area contributed by atoms with Gasteiger partial charge < -0.3 is 14.2 Å². The topological polar surface area (TPSA) is 104 Å². The Kier molecular flexibility index (Phi) is 12.0. The van der Waals surface area contributed by atoms with Crippen molar-refractivity contribution >= 4 is 29.1 Å². The third kappa shape index (κ3) is 9.45. The van der Waals surface area contributed by atoms with E-state index < -0.39 is 5.97 Å². The molecule has 0 amide bonds. The zero-order chi connectivity index (χ0) is 28.7. The molecule has 8 heteroatoms. The number of ether oxygens (including phenoxy) is 3. The monoisotopic (exact) mass is 544 g/mol. The molecule has 0 atom stereocenters. The van der Waals surface area contributed by atoms with Crippen LogP contribution in [0.25, 0.3) is 0 Å². The lowest BCUT2D eigenvalue weighted by Crippen LogP contribution is -2.09. The highest BCUT2D eigenvalue weighted by atomic mass is 16.5. The number of rotatable bonds is 15. The van der Waals surface area contributed by atoms with Crippen molar-refractivity contribution in [2.45, 2.75) is 59.3 Å². The summed E-state index contributed by atoms with van der Waals surface area (Å²) in [6, 6.07) is 17.9. The number of benzene rings is 3. The van der Waals surface area contributed by atoms with E-state index in [9.17, 15) is 14.4 Å². The molecule has 40 heavy (non-hydrogen) atoms. The Balaban J connectivity index is 1.61. The van der Waals surface area contributed by atoms with Crippen LogP contribution in [0.4, 0.5) is 11.4 Å². The molecular formula is C32H36N2O6. The highest BCUT2D eigenvalue weighted by Crippen LogP contribution is 2.28. The zero-order valence-corrected chi connectivity index (χ0v) is 23.4. The summed E-state index contributed by atoms with van der Waals surface area (Å²) in [6.45, 7) is 6.62. The van der Waals surface area contributed by atoms with Gasteiger partial charge in [-0.15, -0.1) is 5.11 Å². The van der Waals surface area contributed by atoms with Gasteiger partial charge in [0.15, 0.2) is 5.78 Å². The molecular weight excluding hydrogens is 508 g/mol. The maximum Gasteiger partial charge on any atom is 0.343 e. The van der Waals surface area contributed by atoms with Gasteiger partial charge in [-0.05, 0) is 86.5 Å². The van der Waals surface area contributed by atoms with Crippen LogP contribution in [0.3, 0.4) is 0 Å². The van der Waals surface area contributed by atoms with Gasteiger partial charge in [-0.3, -0.25) is 4.79 Å². The zero-order valence-electron chi connectivity index (χ0n) is 23.4. The van der Waals surface area contributed by atoms with E-state index in [4.69, 9.17) is 14.2 Å². The Bertz CT molecular complexity index is 1300. The third-order valence-corrected chi connectivity index (χ3v) is 6.02. The van der Waals surface area contributed by atoms with Gasteiger partial charge in [-0.25, -0.2) is 9.59 Å². The van der Waals surface area contributed by atoms with Crippen molar-refractivity contribution in [3.05, 3.63) is 83.4 Å². The fraction of sp³-hybridized carbons (Fsp3) is 0.344. The average molecular weight is 545 g/mol. The summed E-state index contributed by atoms with van der Waals surface area (Å²) in [5.41, 5.74) is 1.88. The van der Waals surface area contributed by atoms with E-state index in [-0.39, 0.29) is 23.1 Å². The molecule has 8 nitrogen and oxygen atoms in total. The third-order valence-electron chi connectivity index (χ3n) is 6.02. The first-order chi connectivity index (χ1) is 19.4. The maximum absolute atomic E-state index is 12.7. The van der Waals surface area contributed by atoms with Crippen LogP contribution in [0, 0.1) is 0 Å². The molecule has 3 aromatic rings. The molecule has 0 saturated carbocycles. The Hall–Kier alpha value is -4.33. The Morgan fingerprint density at radius 1 is 0.675 bits per heavy atom. The minimum absolute atomic E-state index is 0.219. The van der Waals surface area contributed by atoms with Crippen LogP contribution >= 0.6 is 0 Å². The van der Waals surface area contributed by atoms with Crippen LogP contribution in [0.5, 0.6) is 11.5 Å². The van der Waals surface area contributed by atoms with Crippen LogP contribution in [-0.2, 0) is 4.74 Å². The van der Waals surface area contributed by atoms with Crippen LogP contribution < -0.4 is 9.47 Å². The fourth-order valence-electron chi connectivity index (χ4n) is 3.69. The summed E-state index contributed by atoms with van der Waals surface area (Å²) in [6.07, 6.45) is 6.25. The van der Waals surface area contributed by atoms with Gasteiger partial charge in [0.05, 0.1) is 35.7 Å². The molecule has 0 bridgehead atoms. The first-order valence-corrected chi connectivity index (χ1v) is 13.7. The van der Waals surface area contributed by atoms with Crippen LogP contribution in [0.15, 0.2) is 77.0 Å². The number of ketones is 1. The average Bonchev–Trinajstić information content (AvgIpc) is 2.97. The SMILES string of the molecule is CCCCCCOc1ccc(C(=O)Oc2ccc(N=Nc3ccc(C(=O)OCCCC)cc3)c(C(C)=O)c2)cc1. The molecule has 0 saturated heterocycles. The molecule has 3 aromatic carbocycles. The number of hydrogen-bond acceptors (Lipinski definition) is 8. The predicted octanol–water partition coefficient (Wildman–Crippen LogP) is 8.44. The standard InChI is InChI=1S/C32H36N2O6/c1-4-6-8-9-21-38-27-16-12-25(13-17-27)32(37)40-28-18-19-30(29(22-28)23(3)35)34-33-26-14-10-24(11-15-26)31(36)39-20-7-5-2/h10-19,22H,4-9,20-21H2,1-3H3. The van der Waals surface area contributed by atoms with Gasteiger partial charge in [0.1, 0.15) is 11.5 Å². The fourth-order valence-corrected chi connectivity index (χ4v) is 3.69. The van der Waals surface area contributed by atoms with E-state index in [1.807, 2.05) is 6.92 Å². The molecule has 210 valence electrons. The molecule has 0 fully saturated rings. The molecule has 3 rings (SSSR count). The van der Waals surface area contributed by atoms with E-state index in [0.29, 0.717) is 41.5 Å². The van der Waals surface area contributed by atoms with E-state index >= 15 is 0 Å². The Morgan fingerprint density at radius 2 is 1.32 bits per heavy atom. The summed E-state index contributed by atoms with van der Waals surface area (Å²) in [7, 11) is 0. The lowest BCUT2D eigenvalue weighted by Gasteiger charge is -2.09. The molecule has 0 heterocycles. The Labute approximate surface area is 235 Å². The minimum atomic E-state index is -0.549. The second-order valence-electron chi connectivity index (χ2n) is 9.29. The number of nitrogens with zero attached hydrogens (tertiary/aromatic N) is 2. The Morgan fingerprint density at radius 3 is 2.00 bits per heavy atom. The second kappa shape index (κ2) is 15.9. The lowest BCUT2D eigenvalue weighted by molar-refractivity contribution is 0.0499. The lowest BCUT2D eigenvalue weighted by atomic mass is 10.1. The highest BCUT2D eigenvalue weighted by molar-refractivity contribution is 5.99. The summed E-state index contributed by atoms with van der Waals surface area (Å²) in [5, 5.41) is 8.37. The summed E-state index contributed by atoms with van der Waals surface area (Å²) in [5.74, 6) is -0.272. The smallest absolute Gasteiger partial charge is 0.343 e. The summed E-state index contributed by atoms with van der Waals surface area (Å²) < 4.78 is 16.4. The van der Waals surface area contributed by atoms with Crippen molar-refractivity contribution < 1.29 is 28.6 Å². The number of unbranched alkanes of at least 4 members (excludes halogenated alkanes) is 4. The molecule has 0 aliphatic carbocycles. The van der Waals surface area contributed by atoms with Crippen molar-refractivity contribution in [1.29, 1.82) is 0 Å². The van der Waals surface area contributed by atoms with E-state index in [1.54, 1.807) is 60.7 Å². The molecule has 0 spiro atoms. The summed E-state index contributed by atoms with van der Waals surface area (Å²) >= 11 is 0. The normalized spacial score (nSPS) is 10.9. The van der Waals surface area contributed by atoms with Gasteiger partial charge in [-0.1, -0.05) is 39.5 Å². The molecule has 0 unspecified atom stereocenters. The number of carbonyl (C=O) groups is 3. The van der Waals surface area contributed by atoms with Crippen molar-refractivity contribution in [2.24, 2.45) is 10.2 Å². The van der Waals surface area contributed by atoms with Crippen molar-refractivity contribution in [2.75, 3.05) is 13.2 Å². The van der Waals surface area contributed by atoms with E-state index in [1.165, 1.54) is 25.8 Å². The van der Waals surface area contributed by atoms with Gasteiger partial charge in [0.2, 0.25) is 0 Å². The van der Waals surface area contributed by atoms with E-state index in [2.05, 4.69) is 17.2 Å². The first-order valence-electron chi connectivity index (χ1n) is 13.7. The number of Topliss-reactive ketones (excluding diaryl/α,β-unsaturated/α-hetero) is 1. The van der Waals surface area contributed by atoms with Crippen LogP contribution in [-0.4, -0.2) is 30.9 Å². The maximum atomic E-state index is 12.7. The van der Waals surface area contributed by atoms with Gasteiger partial charge in [-0.2, -0.15) is 5.11 Å². The minimum Gasteiger partial charge on any atom is -0.494 e. The molecule has 0 aromatic heterocycles. The van der Waals surface area contributed by atoms with Crippen molar-refractivity contribution in [3.63, 3.8) is 0 Å².